The second-order valence-electron chi connectivity index (χ2n) is 18.5. The van der Waals surface area contributed by atoms with E-state index in [1.165, 1.54) is 6.92 Å². The number of methoxy groups -OCH3 is 1. The minimum absolute atomic E-state index is 0.0277. The molecule has 1 unspecified atom stereocenters. The molecule has 5 N–H and O–H groups in total. The Labute approximate surface area is 382 Å². The second-order valence-corrected chi connectivity index (χ2v) is 18.5. The maximum absolute atomic E-state index is 14.5. The normalized spacial score (nSPS) is 32.8. The number of anilines is 1. The molecule has 3 saturated heterocycles. The topological polar surface area (TPSA) is 222 Å². The zero-order valence-corrected chi connectivity index (χ0v) is 39.1. The van der Waals surface area contributed by atoms with Crippen molar-refractivity contribution >= 4 is 29.5 Å². The van der Waals surface area contributed by atoms with E-state index >= 15 is 0 Å². The van der Waals surface area contributed by atoms with Crippen molar-refractivity contribution in [2.24, 2.45) is 29.4 Å². The van der Waals surface area contributed by atoms with E-state index in [-0.39, 0.29) is 30.5 Å². The van der Waals surface area contributed by atoms with Crippen molar-refractivity contribution in [3.05, 3.63) is 66.4 Å². The van der Waals surface area contributed by atoms with E-state index in [4.69, 9.17) is 39.9 Å². The summed E-state index contributed by atoms with van der Waals surface area (Å²) in [5.74, 6) is -3.99. The fourth-order valence-electron chi connectivity index (χ4n) is 9.43. The first-order valence-electron chi connectivity index (χ1n) is 23.1. The quantitative estimate of drug-likeness (QED) is 0.0642. The molecule has 0 radical (unpaired) electrons. The van der Waals surface area contributed by atoms with Gasteiger partial charge in [-0.3, -0.25) is 19.2 Å². The van der Waals surface area contributed by atoms with Crippen LogP contribution in [0, 0.1) is 23.7 Å². The number of esters is 2. The molecule has 3 fully saturated rings. The molecule has 65 heavy (non-hydrogen) atoms. The van der Waals surface area contributed by atoms with Crippen molar-refractivity contribution in [3.8, 4) is 11.3 Å². The van der Waals surface area contributed by atoms with Crippen LogP contribution >= 0.6 is 0 Å². The molecule has 4 heterocycles. The van der Waals surface area contributed by atoms with Crippen molar-refractivity contribution in [2.75, 3.05) is 32.5 Å². The third-order valence-electron chi connectivity index (χ3n) is 13.4. The molecule has 1 aromatic heterocycles. The number of aromatic nitrogens is 3. The number of hydrogen-bond acceptors (Lipinski definition) is 15. The first-order valence-corrected chi connectivity index (χ1v) is 23.1. The Bertz CT molecular complexity index is 2070. The van der Waals surface area contributed by atoms with Gasteiger partial charge in [0.1, 0.15) is 24.3 Å². The van der Waals surface area contributed by atoms with Crippen LogP contribution in [-0.2, 0) is 44.6 Å². The van der Waals surface area contributed by atoms with Gasteiger partial charge in [0.15, 0.2) is 18.2 Å². The van der Waals surface area contributed by atoms with Gasteiger partial charge in [0.05, 0.1) is 35.6 Å². The maximum atomic E-state index is 14.5. The predicted molar refractivity (Wildman–Crippen MR) is 242 cm³/mol. The number of nitrogens with zero attached hydrogens (tertiary/aromatic N) is 4. The van der Waals surface area contributed by atoms with Crippen LogP contribution in [0.25, 0.3) is 11.3 Å². The number of ether oxygens (including phenoxy) is 6. The van der Waals surface area contributed by atoms with Crippen LogP contribution in [0.15, 0.2) is 60.8 Å². The number of nitrogen functional groups attached to an aromatic ring is 1. The van der Waals surface area contributed by atoms with Crippen LogP contribution in [-0.4, -0.2) is 125 Å². The highest BCUT2D eigenvalue weighted by molar-refractivity contribution is 6.00. The fourth-order valence-corrected chi connectivity index (χ4v) is 9.43. The zero-order valence-electron chi connectivity index (χ0n) is 39.1. The van der Waals surface area contributed by atoms with Crippen molar-refractivity contribution in [1.82, 2.24) is 25.2 Å². The summed E-state index contributed by atoms with van der Waals surface area (Å²) < 4.78 is 39.2. The first kappa shape index (κ1) is 49.5. The van der Waals surface area contributed by atoms with Crippen molar-refractivity contribution in [2.45, 2.75) is 142 Å². The number of carbonyl (C=O) groups excluding carboxylic acids is 4. The number of hydrogen-bond donors (Lipinski definition) is 3. The van der Waals surface area contributed by atoms with E-state index in [0.29, 0.717) is 63.0 Å². The highest BCUT2D eigenvalue weighted by atomic mass is 16.7. The molecular weight excluding hydrogens is 835 g/mol. The summed E-state index contributed by atoms with van der Waals surface area (Å²) in [6.07, 6.45) is 0.0116. The Hall–Kier alpha value is -4.94. The minimum Gasteiger partial charge on any atom is -0.459 e. The van der Waals surface area contributed by atoms with Crippen LogP contribution in [0.1, 0.15) is 90.9 Å². The van der Waals surface area contributed by atoms with Gasteiger partial charge in [-0.25, -0.2) is 9.59 Å². The van der Waals surface area contributed by atoms with Crippen LogP contribution in [0.4, 0.5) is 10.5 Å². The van der Waals surface area contributed by atoms with Crippen LogP contribution in [0.2, 0.25) is 0 Å². The Balaban J connectivity index is 1.17. The average molecular weight is 904 g/mol. The van der Waals surface area contributed by atoms with Gasteiger partial charge in [-0.05, 0) is 89.6 Å². The predicted octanol–water partition coefficient (Wildman–Crippen LogP) is 5.40. The number of benzene rings is 2. The summed E-state index contributed by atoms with van der Waals surface area (Å²) in [7, 11) is 1.59. The summed E-state index contributed by atoms with van der Waals surface area (Å²) in [6, 6.07) is 15.1. The molecule has 356 valence electrons. The number of rotatable bonds is 13. The van der Waals surface area contributed by atoms with E-state index in [1.54, 1.807) is 47.9 Å². The molecule has 17 nitrogen and oxygen atoms in total. The van der Waals surface area contributed by atoms with E-state index in [9.17, 15) is 19.2 Å². The monoisotopic (exact) mass is 904 g/mol. The van der Waals surface area contributed by atoms with E-state index in [0.717, 1.165) is 11.3 Å². The summed E-state index contributed by atoms with van der Waals surface area (Å²) in [6.45, 7) is 14.5. The van der Waals surface area contributed by atoms with Crippen LogP contribution in [0.3, 0.4) is 0 Å². The maximum Gasteiger partial charge on any atom is 0.410 e. The molecular formula is C48H69N7O10. The highest BCUT2D eigenvalue weighted by Crippen LogP contribution is 2.37. The lowest BCUT2D eigenvalue weighted by molar-refractivity contribution is -0.280. The molecule has 6 rings (SSSR count). The van der Waals surface area contributed by atoms with Crippen LogP contribution < -0.4 is 16.8 Å². The number of ketones is 1. The third kappa shape index (κ3) is 11.9. The third-order valence-corrected chi connectivity index (χ3v) is 13.4. The van der Waals surface area contributed by atoms with Gasteiger partial charge >= 0.3 is 18.0 Å². The van der Waals surface area contributed by atoms with Gasteiger partial charge in [-0.1, -0.05) is 63.2 Å². The Kier molecular flexibility index (Phi) is 16.8. The highest BCUT2D eigenvalue weighted by Gasteiger charge is 2.51. The molecule has 13 atom stereocenters. The van der Waals surface area contributed by atoms with Gasteiger partial charge in [-0.2, -0.15) is 0 Å². The molecule has 0 aliphatic carbocycles. The Morgan fingerprint density at radius 3 is 2.45 bits per heavy atom. The van der Waals surface area contributed by atoms with E-state index < -0.39 is 78.0 Å². The summed E-state index contributed by atoms with van der Waals surface area (Å²) in [5, 5.41) is 12.3. The molecule has 3 aliphatic heterocycles. The number of Topliss-reactive ketones (excluding diaryl/α,β-unsaturated/α-hetero) is 1. The number of unbranched alkanes of at least 4 members (excludes halogenated alkanes) is 1. The standard InChI is InChI=1S/C48H69N7O10/c1-9-39-42-40(55(47(59)64-42)21-14-13-20-54-26-38(52-53-54)34-18-15-19-35(49)22-34)32(6)51-25-28(2)24-48(7,60-8)43(30(4)41(56)31(5)44(57)63-39)65-46-29(3)37(50)23-36(62-46)27-61-45(58)33-16-11-10-12-17-33/h10-12,15-19,22,26,28-32,36-37,39-40,42-43,46,51H,9,13-14,20-21,23-25,27,49-50H2,1-8H3/t28-,29-,30-,31-,32-,36+,37+,39-,40-,42-,43+,46?,48-/m1/s1. The van der Waals surface area contributed by atoms with Gasteiger partial charge in [0, 0.05) is 55.4 Å². The summed E-state index contributed by atoms with van der Waals surface area (Å²) in [5.41, 5.74) is 14.2. The number of cyclic esters (lactones) is 1. The molecule has 3 aromatic rings. The number of nitrogens with two attached hydrogens (primary N) is 2. The first-order chi connectivity index (χ1) is 31.0. The number of nitrogens with one attached hydrogen (secondary N) is 1. The van der Waals surface area contributed by atoms with E-state index in [2.05, 4.69) is 22.6 Å². The molecule has 0 bridgehead atoms. The molecule has 2 aromatic carbocycles. The number of fused-ring (bicyclic) bond motifs is 1. The SMILES string of the molecule is CC[C@H]1OC(=O)[C@H](C)C(=O)[C@@H](C)[C@H](OC2O[C@H](COC(=O)c3ccccc3)C[C@H](N)[C@H]2C)[C@](C)(OC)C[C@@H](C)CN[C@H](C)[C@@H]2[C@@H]1OC(=O)N2CCCCn1cc(-c2cccc(N)c2)nn1. The number of carbonyl (C=O) groups is 4. The Morgan fingerprint density at radius 2 is 1.74 bits per heavy atom. The lowest BCUT2D eigenvalue weighted by atomic mass is 9.78. The number of amides is 1. The molecule has 3 aliphatic rings. The number of aryl methyl sites for hydroxylation is 1. The second kappa shape index (κ2) is 22.0. The summed E-state index contributed by atoms with van der Waals surface area (Å²) >= 11 is 0. The van der Waals surface area contributed by atoms with Crippen molar-refractivity contribution < 1.29 is 47.6 Å². The summed E-state index contributed by atoms with van der Waals surface area (Å²) in [4.78, 5) is 56.7. The lowest BCUT2D eigenvalue weighted by Crippen LogP contribution is -2.57. The fraction of sp³-hybridized carbons (Fsp3) is 0.625. The van der Waals surface area contributed by atoms with Gasteiger partial charge in [0.25, 0.3) is 0 Å². The minimum atomic E-state index is -1.19. The van der Waals surface area contributed by atoms with Crippen LogP contribution in [0.5, 0.6) is 0 Å². The van der Waals surface area contributed by atoms with E-state index in [1.807, 2.05) is 64.2 Å². The average Bonchev–Trinajstić information content (AvgIpc) is 3.91. The van der Waals surface area contributed by atoms with Crippen molar-refractivity contribution in [3.63, 3.8) is 0 Å². The Morgan fingerprint density at radius 1 is 1.00 bits per heavy atom. The van der Waals surface area contributed by atoms with Gasteiger partial charge < -0.3 is 45.2 Å². The largest absolute Gasteiger partial charge is 0.459 e. The molecule has 1 amide bonds. The lowest BCUT2D eigenvalue weighted by Gasteiger charge is -2.46. The zero-order chi connectivity index (χ0) is 47.0. The van der Waals surface area contributed by atoms with Crippen molar-refractivity contribution in [1.29, 1.82) is 0 Å². The van der Waals surface area contributed by atoms with Gasteiger partial charge in [0.2, 0.25) is 0 Å². The molecule has 0 saturated carbocycles. The molecule has 17 heteroatoms. The molecule has 0 spiro atoms. The van der Waals surface area contributed by atoms with Gasteiger partial charge in [-0.15, -0.1) is 5.10 Å². The smallest absolute Gasteiger partial charge is 0.410 e.